The lowest BCUT2D eigenvalue weighted by Gasteiger charge is -2.64. The summed E-state index contributed by atoms with van der Waals surface area (Å²) in [6, 6.07) is 18.7. The number of hydrogen-bond acceptors (Lipinski definition) is 0. The number of benzene rings is 2. The molecule has 220 valence electrons. The Bertz CT molecular complexity index is 1310. The Balaban J connectivity index is 1.59. The van der Waals surface area contributed by atoms with Gasteiger partial charge in [-0.25, -0.2) is 0 Å². The fourth-order valence-corrected chi connectivity index (χ4v) is 20.3. The van der Waals surface area contributed by atoms with Gasteiger partial charge in [0.25, 0.3) is 0 Å². The van der Waals surface area contributed by atoms with E-state index in [0.717, 1.165) is 29.2 Å². The van der Waals surface area contributed by atoms with E-state index in [1.165, 1.54) is 55.6 Å². The minimum Gasteiger partial charge on any atom is -0.137 e. The van der Waals surface area contributed by atoms with Gasteiger partial charge in [-0.15, -0.1) is 9.24 Å². The first-order valence-corrected chi connectivity index (χ1v) is 25.8. The zero-order valence-electron chi connectivity index (χ0n) is 27.1. The lowest BCUT2D eigenvalue weighted by Crippen LogP contribution is -2.56. The summed E-state index contributed by atoms with van der Waals surface area (Å²) in [4.78, 5) is 0. The summed E-state index contributed by atoms with van der Waals surface area (Å²) in [6.45, 7) is 20.7. The van der Waals surface area contributed by atoms with Crippen LogP contribution in [0.25, 0.3) is 0 Å². The standard InChI is InChI=1S/C37H54P2Si2/c1-25-13-9-11-15-32(25)39(33-16-12-10-14-26(33)2)24-30-20-34(40(3,4)5)36(41(6,7)8)35(30)37-21-27-17-28(22-37)19-29(18-27)31(37)23-38/h9-16,20,27-29,31,36H,17-19,21-24,38H2,1-8H3. The molecule has 0 amide bonds. The van der Waals surface area contributed by atoms with Crippen LogP contribution in [0.4, 0.5) is 0 Å². The van der Waals surface area contributed by atoms with Crippen LogP contribution in [-0.2, 0) is 0 Å². The van der Waals surface area contributed by atoms with Gasteiger partial charge in [0.15, 0.2) is 0 Å². The third kappa shape index (κ3) is 5.30. The first-order valence-electron chi connectivity index (χ1n) is 16.4. The molecule has 4 bridgehead atoms. The molecule has 4 saturated carbocycles. The zero-order valence-corrected chi connectivity index (χ0v) is 31.1. The molecule has 7 rings (SSSR count). The normalized spacial score (nSPS) is 31.4. The van der Waals surface area contributed by atoms with Gasteiger partial charge >= 0.3 is 0 Å². The molecular formula is C37H54P2Si2. The molecule has 0 aliphatic heterocycles. The number of rotatable bonds is 8. The van der Waals surface area contributed by atoms with E-state index in [2.05, 4.69) is 117 Å². The van der Waals surface area contributed by atoms with Gasteiger partial charge < -0.3 is 0 Å². The average molecular weight is 617 g/mol. The van der Waals surface area contributed by atoms with Crippen LogP contribution in [0, 0.1) is 42.9 Å². The summed E-state index contributed by atoms with van der Waals surface area (Å²) >= 11 is 0. The quantitative estimate of drug-likeness (QED) is 0.205. The largest absolute Gasteiger partial charge is 0.137 e. The summed E-state index contributed by atoms with van der Waals surface area (Å²) in [5.41, 5.74) is 7.93. The fraction of sp³-hybridized carbons (Fsp3) is 0.568. The molecule has 0 N–H and O–H groups in total. The molecule has 2 aromatic carbocycles. The van der Waals surface area contributed by atoms with E-state index in [0.29, 0.717) is 5.41 Å². The van der Waals surface area contributed by atoms with E-state index in [4.69, 9.17) is 0 Å². The van der Waals surface area contributed by atoms with E-state index in [9.17, 15) is 0 Å². The molecule has 0 saturated heterocycles. The molecule has 4 heteroatoms. The van der Waals surface area contributed by atoms with Gasteiger partial charge in [0.05, 0.1) is 16.1 Å². The van der Waals surface area contributed by atoms with Crippen LogP contribution in [0.15, 0.2) is 70.9 Å². The van der Waals surface area contributed by atoms with Crippen molar-refractivity contribution in [2.75, 3.05) is 12.3 Å². The Labute approximate surface area is 257 Å². The van der Waals surface area contributed by atoms with Gasteiger partial charge in [-0.2, -0.15) is 0 Å². The topological polar surface area (TPSA) is 0 Å². The Morgan fingerprint density at radius 2 is 1.34 bits per heavy atom. The lowest BCUT2D eigenvalue weighted by atomic mass is 9.43. The molecule has 4 fully saturated rings. The van der Waals surface area contributed by atoms with Gasteiger partial charge in [0, 0.05) is 6.16 Å². The predicted octanol–water partition coefficient (Wildman–Crippen LogP) is 9.88. The van der Waals surface area contributed by atoms with Crippen LogP contribution in [0.1, 0.15) is 43.2 Å². The molecule has 0 spiro atoms. The van der Waals surface area contributed by atoms with E-state index < -0.39 is 24.1 Å². The Morgan fingerprint density at radius 3 is 1.80 bits per heavy atom. The monoisotopic (exact) mass is 616 g/mol. The van der Waals surface area contributed by atoms with E-state index in [1.807, 2.05) is 10.8 Å². The lowest BCUT2D eigenvalue weighted by molar-refractivity contribution is -0.0789. The molecule has 0 heterocycles. The van der Waals surface area contributed by atoms with Crippen molar-refractivity contribution in [1.29, 1.82) is 0 Å². The van der Waals surface area contributed by atoms with Crippen molar-refractivity contribution < 1.29 is 0 Å². The summed E-state index contributed by atoms with van der Waals surface area (Å²) in [5.74, 6) is 3.77. The van der Waals surface area contributed by atoms with Crippen LogP contribution in [0.3, 0.4) is 0 Å². The van der Waals surface area contributed by atoms with Gasteiger partial charge in [-0.3, -0.25) is 0 Å². The third-order valence-corrected chi connectivity index (χ3v) is 19.6. The highest BCUT2D eigenvalue weighted by atomic mass is 31.1. The van der Waals surface area contributed by atoms with Crippen LogP contribution < -0.4 is 10.6 Å². The first-order chi connectivity index (χ1) is 19.3. The molecule has 5 aliphatic carbocycles. The molecule has 5 atom stereocenters. The highest BCUT2D eigenvalue weighted by Gasteiger charge is 2.61. The van der Waals surface area contributed by atoms with Crippen molar-refractivity contribution in [3.63, 3.8) is 0 Å². The first kappa shape index (κ1) is 30.2. The van der Waals surface area contributed by atoms with E-state index in [1.54, 1.807) is 16.2 Å². The van der Waals surface area contributed by atoms with Crippen molar-refractivity contribution in [2.45, 2.75) is 90.8 Å². The summed E-state index contributed by atoms with van der Waals surface area (Å²) in [7, 11) is -0.234. The van der Waals surface area contributed by atoms with Crippen molar-refractivity contribution >= 4 is 43.9 Å². The molecule has 5 unspecified atom stereocenters. The molecule has 0 radical (unpaired) electrons. The minimum atomic E-state index is -1.52. The van der Waals surface area contributed by atoms with Crippen LogP contribution >= 0.6 is 17.2 Å². The SMILES string of the molecule is Cc1ccccc1P(CC1=C(C23CC4CC(CC(C4)C2CP)C3)C([Si](C)(C)C)C([Si](C)(C)C)=C1)c1ccccc1C. The molecule has 5 aliphatic rings. The van der Waals surface area contributed by atoms with Crippen molar-refractivity contribution in [2.24, 2.45) is 29.1 Å². The van der Waals surface area contributed by atoms with Gasteiger partial charge in [0.2, 0.25) is 0 Å². The van der Waals surface area contributed by atoms with Crippen molar-refractivity contribution in [3.8, 4) is 0 Å². The van der Waals surface area contributed by atoms with Crippen molar-refractivity contribution in [1.82, 2.24) is 0 Å². The summed E-state index contributed by atoms with van der Waals surface area (Å²) < 4.78 is 0. The maximum atomic E-state index is 3.26. The Hall–Kier alpha value is -0.786. The van der Waals surface area contributed by atoms with Crippen molar-refractivity contribution in [3.05, 3.63) is 82.1 Å². The number of hydrogen-bond donors (Lipinski definition) is 0. The second kappa shape index (κ2) is 11.0. The summed E-state index contributed by atoms with van der Waals surface area (Å²) in [5, 5.41) is 5.09. The second-order valence-electron chi connectivity index (χ2n) is 16.4. The fourth-order valence-electron chi connectivity index (χ4n) is 10.2. The molecule has 0 nitrogen and oxygen atoms in total. The second-order valence-corrected chi connectivity index (χ2v) is 29.3. The van der Waals surface area contributed by atoms with E-state index >= 15 is 0 Å². The average Bonchev–Trinajstić information content (AvgIpc) is 3.29. The number of allylic oxidation sites excluding steroid dienone is 4. The van der Waals surface area contributed by atoms with Crippen LogP contribution in [0.2, 0.25) is 44.8 Å². The third-order valence-electron chi connectivity index (χ3n) is 11.5. The van der Waals surface area contributed by atoms with E-state index in [-0.39, 0.29) is 0 Å². The minimum absolute atomic E-state index is 0.438. The smallest absolute Gasteiger partial charge is 0.0728 e. The maximum absolute atomic E-state index is 3.26. The zero-order chi connectivity index (χ0) is 29.3. The van der Waals surface area contributed by atoms with Crippen LogP contribution in [0.5, 0.6) is 0 Å². The molecule has 0 aromatic heterocycles. The highest BCUT2D eigenvalue weighted by Crippen LogP contribution is 2.70. The molecular weight excluding hydrogens is 563 g/mol. The number of aryl methyl sites for hydroxylation is 2. The van der Waals surface area contributed by atoms with Gasteiger partial charge in [-0.05, 0) is 122 Å². The maximum Gasteiger partial charge on any atom is 0.0728 e. The predicted molar refractivity (Wildman–Crippen MR) is 193 cm³/mol. The van der Waals surface area contributed by atoms with Gasteiger partial charge in [-0.1, -0.05) is 105 Å². The Morgan fingerprint density at radius 1 is 0.805 bits per heavy atom. The van der Waals surface area contributed by atoms with Gasteiger partial charge in [0.1, 0.15) is 0 Å². The Kier molecular flexibility index (Phi) is 8.10. The summed E-state index contributed by atoms with van der Waals surface area (Å²) in [6.07, 6.45) is 12.9. The highest BCUT2D eigenvalue weighted by molar-refractivity contribution is 7.73. The molecule has 2 aromatic rings. The van der Waals surface area contributed by atoms with Crippen LogP contribution in [-0.4, -0.2) is 28.5 Å². The molecule has 41 heavy (non-hydrogen) atoms.